The van der Waals surface area contributed by atoms with Crippen molar-refractivity contribution in [3.05, 3.63) is 23.1 Å². The predicted molar refractivity (Wildman–Crippen MR) is 59.6 cm³/mol. The molecule has 9 heteroatoms. The highest BCUT2D eigenvalue weighted by molar-refractivity contribution is 5.79. The van der Waals surface area contributed by atoms with E-state index in [0.717, 1.165) is 0 Å². The lowest BCUT2D eigenvalue weighted by atomic mass is 10.1. The van der Waals surface area contributed by atoms with Gasteiger partial charge in [-0.25, -0.2) is 14.0 Å². The number of amides is 1. The molecule has 0 aromatic rings. The molecular weight excluding hydrogens is 247 g/mol. The minimum atomic E-state index is -1.67. The Labute approximate surface area is 102 Å². The first-order valence-electron chi connectivity index (χ1n) is 4.93. The first-order valence-corrected chi connectivity index (χ1v) is 4.93. The van der Waals surface area contributed by atoms with Crippen molar-refractivity contribution in [3.8, 4) is 0 Å². The van der Waals surface area contributed by atoms with Gasteiger partial charge in [0.15, 0.2) is 0 Å². The van der Waals surface area contributed by atoms with Crippen molar-refractivity contribution in [2.45, 2.75) is 18.6 Å². The molecule has 0 aliphatic carbocycles. The average Bonchev–Trinajstić information content (AvgIpc) is 2.32. The predicted octanol–water partition coefficient (Wildman–Crippen LogP) is 1.39. The summed E-state index contributed by atoms with van der Waals surface area (Å²) in [5.41, 5.74) is 7.98. The van der Waals surface area contributed by atoms with Crippen LogP contribution in [0.5, 0.6) is 0 Å². The number of carbonyl (C=O) groups excluding carboxylic acids is 1. The van der Waals surface area contributed by atoms with Crippen LogP contribution in [-0.2, 0) is 9.53 Å². The molecule has 0 unspecified atom stereocenters. The number of azide groups is 1. The van der Waals surface area contributed by atoms with Gasteiger partial charge >= 0.3 is 12.1 Å². The van der Waals surface area contributed by atoms with Crippen molar-refractivity contribution < 1.29 is 23.8 Å². The zero-order valence-electron chi connectivity index (χ0n) is 9.45. The van der Waals surface area contributed by atoms with E-state index in [1.165, 1.54) is 6.08 Å². The Bertz CT molecular complexity index is 356. The van der Waals surface area contributed by atoms with Crippen LogP contribution in [0.25, 0.3) is 10.4 Å². The Morgan fingerprint density at radius 2 is 2.33 bits per heavy atom. The van der Waals surface area contributed by atoms with Gasteiger partial charge in [-0.2, -0.15) is 0 Å². The van der Waals surface area contributed by atoms with Gasteiger partial charge in [0.1, 0.15) is 18.8 Å². The zero-order valence-corrected chi connectivity index (χ0v) is 9.45. The Morgan fingerprint density at radius 3 is 2.83 bits per heavy atom. The second kappa shape index (κ2) is 8.82. The summed E-state index contributed by atoms with van der Waals surface area (Å²) in [5, 5.41) is 13.7. The summed E-state index contributed by atoms with van der Waals surface area (Å²) in [7, 11) is 0. The highest BCUT2D eigenvalue weighted by Gasteiger charge is 2.24. The number of nitrogens with zero attached hydrogens (tertiary/aromatic N) is 3. The van der Waals surface area contributed by atoms with Crippen LogP contribution in [0.3, 0.4) is 0 Å². The minimum absolute atomic E-state index is 0.0873. The molecule has 18 heavy (non-hydrogen) atoms. The van der Waals surface area contributed by atoms with Crippen LogP contribution in [0.2, 0.25) is 0 Å². The van der Waals surface area contributed by atoms with Crippen molar-refractivity contribution in [1.29, 1.82) is 0 Å². The number of rotatable bonds is 8. The summed E-state index contributed by atoms with van der Waals surface area (Å²) < 4.78 is 17.7. The number of aliphatic carboxylic acids is 1. The van der Waals surface area contributed by atoms with E-state index >= 15 is 0 Å². The van der Waals surface area contributed by atoms with Crippen molar-refractivity contribution in [2.75, 3.05) is 13.2 Å². The second-order valence-corrected chi connectivity index (χ2v) is 3.17. The molecule has 2 N–H and O–H groups in total. The Balaban J connectivity index is 4.29. The van der Waals surface area contributed by atoms with E-state index in [9.17, 15) is 14.0 Å². The number of carboxylic acid groups (broad SMARTS) is 1. The lowest BCUT2D eigenvalue weighted by Gasteiger charge is -2.15. The first kappa shape index (κ1) is 15.7. The molecule has 8 nitrogen and oxygen atoms in total. The first-order chi connectivity index (χ1) is 8.51. The number of alkyl halides is 1. The van der Waals surface area contributed by atoms with E-state index in [4.69, 9.17) is 10.6 Å². The van der Waals surface area contributed by atoms with E-state index in [-0.39, 0.29) is 6.61 Å². The molecule has 100 valence electrons. The molecule has 0 rings (SSSR count). The molecule has 1 amide bonds. The number of hydrogen-bond donors (Lipinski definition) is 2. The topological polar surface area (TPSA) is 124 Å². The van der Waals surface area contributed by atoms with E-state index < -0.39 is 37.2 Å². The van der Waals surface area contributed by atoms with Crippen LogP contribution in [0, 0.1) is 0 Å². The van der Waals surface area contributed by atoms with Gasteiger partial charge in [0.05, 0.1) is 6.54 Å². The van der Waals surface area contributed by atoms with Crippen LogP contribution in [0.1, 0.15) is 6.42 Å². The van der Waals surface area contributed by atoms with Crippen LogP contribution in [0.4, 0.5) is 9.18 Å². The van der Waals surface area contributed by atoms with Gasteiger partial charge < -0.3 is 15.2 Å². The van der Waals surface area contributed by atoms with Crippen molar-refractivity contribution in [2.24, 2.45) is 5.11 Å². The molecule has 0 heterocycles. The normalized spacial score (nSPS) is 12.7. The summed E-state index contributed by atoms with van der Waals surface area (Å²) in [6.45, 7) is 2.72. The van der Waals surface area contributed by atoms with Crippen LogP contribution in [-0.4, -0.2) is 42.5 Å². The number of hydrogen-bond acceptors (Lipinski definition) is 4. The largest absolute Gasteiger partial charge is 0.480 e. The maximum absolute atomic E-state index is 13.2. The second-order valence-electron chi connectivity index (χ2n) is 3.17. The van der Waals surface area contributed by atoms with Gasteiger partial charge in [-0.15, -0.1) is 0 Å². The number of carbonyl (C=O) groups is 2. The van der Waals surface area contributed by atoms with Crippen LogP contribution < -0.4 is 5.32 Å². The summed E-state index contributed by atoms with van der Waals surface area (Å²) in [5.74, 6) is -1.41. The third kappa shape index (κ3) is 7.07. The fourth-order valence-corrected chi connectivity index (χ4v) is 0.995. The summed E-state index contributed by atoms with van der Waals surface area (Å²) in [4.78, 5) is 24.2. The van der Waals surface area contributed by atoms with Crippen molar-refractivity contribution >= 4 is 12.1 Å². The van der Waals surface area contributed by atoms with Crippen LogP contribution in [0.15, 0.2) is 17.8 Å². The zero-order chi connectivity index (χ0) is 14.0. The molecule has 0 aliphatic heterocycles. The van der Waals surface area contributed by atoms with Gasteiger partial charge in [0.25, 0.3) is 0 Å². The molecule has 0 saturated carbocycles. The number of alkyl carbamates (subject to hydrolysis) is 1. The summed E-state index contributed by atoms with van der Waals surface area (Å²) >= 11 is 0. The molecule has 0 aromatic heterocycles. The number of ether oxygens (including phenoxy) is 1. The lowest BCUT2D eigenvalue weighted by molar-refractivity contribution is -0.139. The summed E-state index contributed by atoms with van der Waals surface area (Å²) in [6, 6.07) is -1.45. The fraction of sp³-hybridized carbons (Fsp3) is 0.556. The maximum atomic E-state index is 13.2. The quantitative estimate of drug-likeness (QED) is 0.296. The number of nitrogens with one attached hydrogen (secondary N) is 1. The highest BCUT2D eigenvalue weighted by atomic mass is 19.1. The standard InChI is InChI=1S/C9H13FN4O4/c1-2-3-18-9(17)13-7(8(15)16)4-6(10)5-12-14-11/h2,6-7H,1,3-5H2,(H,13,17)(H,15,16)/t6-,7-/m0/s1. The van der Waals surface area contributed by atoms with E-state index in [2.05, 4.69) is 21.3 Å². The third-order valence-electron chi connectivity index (χ3n) is 1.76. The molecule has 0 bridgehead atoms. The molecule has 0 fully saturated rings. The van der Waals surface area contributed by atoms with Crippen LogP contribution >= 0.6 is 0 Å². The van der Waals surface area contributed by atoms with Gasteiger partial charge in [-0.05, 0) is 5.53 Å². The van der Waals surface area contributed by atoms with Gasteiger partial charge in [-0.1, -0.05) is 17.8 Å². The smallest absolute Gasteiger partial charge is 0.408 e. The van der Waals surface area contributed by atoms with E-state index in [1.54, 1.807) is 0 Å². The number of carboxylic acids is 1. The average molecular weight is 260 g/mol. The Kier molecular flexibility index (Phi) is 7.71. The fourth-order valence-electron chi connectivity index (χ4n) is 0.995. The van der Waals surface area contributed by atoms with Crippen molar-refractivity contribution in [1.82, 2.24) is 5.32 Å². The van der Waals surface area contributed by atoms with E-state index in [1.807, 2.05) is 5.32 Å². The lowest BCUT2D eigenvalue weighted by Crippen LogP contribution is -2.43. The van der Waals surface area contributed by atoms with Crippen molar-refractivity contribution in [3.63, 3.8) is 0 Å². The van der Waals surface area contributed by atoms with Gasteiger partial charge in [0, 0.05) is 11.3 Å². The van der Waals surface area contributed by atoms with Gasteiger partial charge in [0.2, 0.25) is 0 Å². The molecule has 0 spiro atoms. The molecule has 0 aliphatic rings. The van der Waals surface area contributed by atoms with E-state index in [0.29, 0.717) is 0 Å². The molecular formula is C9H13FN4O4. The third-order valence-corrected chi connectivity index (χ3v) is 1.76. The SMILES string of the molecule is C=CCOC(=O)N[C@@H](C[C@H](F)CN=[N+]=[N-])C(=O)O. The number of halogens is 1. The highest BCUT2D eigenvalue weighted by Crippen LogP contribution is 2.04. The Hall–Kier alpha value is -2.28. The molecule has 0 radical (unpaired) electrons. The monoisotopic (exact) mass is 260 g/mol. The maximum Gasteiger partial charge on any atom is 0.408 e. The molecule has 0 saturated heterocycles. The summed E-state index contributed by atoms with van der Waals surface area (Å²) in [6.07, 6.45) is -1.87. The minimum Gasteiger partial charge on any atom is -0.480 e. The molecule has 2 atom stereocenters. The molecule has 0 aromatic carbocycles. The Morgan fingerprint density at radius 1 is 1.67 bits per heavy atom. The van der Waals surface area contributed by atoms with Gasteiger partial charge in [-0.3, -0.25) is 0 Å².